The van der Waals surface area contributed by atoms with Crippen LogP contribution in [-0.2, 0) is 5.41 Å². The molecule has 4 aromatic rings. The maximum Gasteiger partial charge on any atom is 0.153 e. The molecule has 0 aliphatic carbocycles. The average molecular weight is 338 g/mol. The van der Waals surface area contributed by atoms with Gasteiger partial charge in [-0.15, -0.1) is 0 Å². The molecule has 0 radical (unpaired) electrons. The molecule has 0 aliphatic rings. The molecule has 0 aliphatic heterocycles. The summed E-state index contributed by atoms with van der Waals surface area (Å²) in [6, 6.07) is 30.7. The summed E-state index contributed by atoms with van der Waals surface area (Å²) in [6.07, 6.45) is 2.45. The lowest BCUT2D eigenvalue weighted by Crippen LogP contribution is -2.32. The molecule has 0 bridgehead atoms. The number of nitrogens with one attached hydrogen (secondary N) is 1. The topological polar surface area (TPSA) is 45.8 Å². The van der Waals surface area contributed by atoms with Crippen LogP contribution in [0.2, 0.25) is 0 Å². The van der Waals surface area contributed by atoms with E-state index in [9.17, 15) is 4.79 Å². The van der Waals surface area contributed by atoms with Crippen molar-refractivity contribution in [2.24, 2.45) is 0 Å². The van der Waals surface area contributed by atoms with E-state index in [1.54, 1.807) is 6.20 Å². The van der Waals surface area contributed by atoms with Gasteiger partial charge in [0.05, 0.1) is 22.9 Å². The zero-order chi connectivity index (χ0) is 17.8. The van der Waals surface area contributed by atoms with Gasteiger partial charge in [0.25, 0.3) is 0 Å². The second-order valence-corrected chi connectivity index (χ2v) is 6.17. The standard InChI is InChI=1S/C23H18N2O/c26-17-18-16-24-25-22(18)23(19-10-4-1-5-11-19,20-12-6-2-7-13-20)21-14-8-3-9-15-21/h1-17H,(H,24,25). The van der Waals surface area contributed by atoms with E-state index in [-0.39, 0.29) is 0 Å². The molecule has 4 rings (SSSR count). The SMILES string of the molecule is O=Cc1cn[nH]c1C(c1ccccc1)(c1ccccc1)c1ccccc1. The van der Waals surface area contributed by atoms with E-state index in [0.717, 1.165) is 28.7 Å². The van der Waals surface area contributed by atoms with E-state index in [4.69, 9.17) is 0 Å². The average Bonchev–Trinajstić information content (AvgIpc) is 3.20. The fourth-order valence-corrected chi connectivity index (χ4v) is 3.68. The van der Waals surface area contributed by atoms with Crippen molar-refractivity contribution in [1.29, 1.82) is 0 Å². The highest BCUT2D eigenvalue weighted by molar-refractivity contribution is 5.79. The number of rotatable bonds is 5. The molecule has 3 heteroatoms. The Kier molecular flexibility index (Phi) is 4.20. The molecule has 0 fully saturated rings. The molecule has 0 saturated heterocycles. The molecule has 126 valence electrons. The van der Waals surface area contributed by atoms with E-state index in [1.807, 2.05) is 54.6 Å². The Labute approximate surface area is 152 Å². The minimum atomic E-state index is -0.656. The summed E-state index contributed by atoms with van der Waals surface area (Å²) in [4.78, 5) is 11.8. The third-order valence-electron chi connectivity index (χ3n) is 4.79. The lowest BCUT2D eigenvalue weighted by Gasteiger charge is -2.35. The molecule has 1 heterocycles. The van der Waals surface area contributed by atoms with Gasteiger partial charge in [-0.2, -0.15) is 5.10 Å². The summed E-state index contributed by atoms with van der Waals surface area (Å²) in [7, 11) is 0. The molecule has 0 saturated carbocycles. The largest absolute Gasteiger partial charge is 0.298 e. The molecule has 1 N–H and O–H groups in total. The number of aldehydes is 1. The monoisotopic (exact) mass is 338 g/mol. The normalized spacial score (nSPS) is 11.2. The molecule has 0 atom stereocenters. The predicted octanol–water partition coefficient (Wildman–Crippen LogP) is 4.60. The zero-order valence-electron chi connectivity index (χ0n) is 14.2. The number of nitrogens with zero attached hydrogens (tertiary/aromatic N) is 1. The second-order valence-electron chi connectivity index (χ2n) is 6.17. The summed E-state index contributed by atoms with van der Waals surface area (Å²) < 4.78 is 0. The number of carbonyl (C=O) groups excluding carboxylic acids is 1. The number of H-pyrrole nitrogens is 1. The van der Waals surface area contributed by atoms with Crippen molar-refractivity contribution in [3.8, 4) is 0 Å². The van der Waals surface area contributed by atoms with Crippen LogP contribution in [0.5, 0.6) is 0 Å². The van der Waals surface area contributed by atoms with Crippen LogP contribution < -0.4 is 0 Å². The minimum absolute atomic E-state index is 0.557. The minimum Gasteiger partial charge on any atom is -0.298 e. The molecule has 3 aromatic carbocycles. The van der Waals surface area contributed by atoms with Crippen molar-refractivity contribution in [1.82, 2.24) is 10.2 Å². The van der Waals surface area contributed by atoms with Crippen LogP contribution in [0.3, 0.4) is 0 Å². The first kappa shape index (κ1) is 16.0. The van der Waals surface area contributed by atoms with Crippen LogP contribution in [-0.4, -0.2) is 16.5 Å². The van der Waals surface area contributed by atoms with E-state index < -0.39 is 5.41 Å². The van der Waals surface area contributed by atoms with Gasteiger partial charge in [-0.05, 0) is 16.7 Å². The molecular formula is C23H18N2O. The fourth-order valence-electron chi connectivity index (χ4n) is 3.68. The highest BCUT2D eigenvalue weighted by Crippen LogP contribution is 2.44. The van der Waals surface area contributed by atoms with Crippen LogP contribution in [0.15, 0.2) is 97.2 Å². The second kappa shape index (κ2) is 6.81. The van der Waals surface area contributed by atoms with Gasteiger partial charge in [0.15, 0.2) is 6.29 Å². The van der Waals surface area contributed by atoms with Crippen molar-refractivity contribution < 1.29 is 4.79 Å². The molecule has 26 heavy (non-hydrogen) atoms. The number of aromatic amines is 1. The van der Waals surface area contributed by atoms with Gasteiger partial charge in [0, 0.05) is 0 Å². The number of benzene rings is 3. The molecule has 0 unspecified atom stereocenters. The van der Waals surface area contributed by atoms with Crippen LogP contribution in [0, 0.1) is 0 Å². The Hall–Kier alpha value is -3.46. The van der Waals surface area contributed by atoms with Crippen LogP contribution in [0.1, 0.15) is 32.7 Å². The molecule has 1 aromatic heterocycles. The molecule has 3 nitrogen and oxygen atoms in total. The first-order valence-corrected chi connectivity index (χ1v) is 8.53. The van der Waals surface area contributed by atoms with Crippen molar-refractivity contribution >= 4 is 6.29 Å². The van der Waals surface area contributed by atoms with Gasteiger partial charge in [0.2, 0.25) is 0 Å². The van der Waals surface area contributed by atoms with Gasteiger partial charge in [0.1, 0.15) is 0 Å². The lowest BCUT2D eigenvalue weighted by molar-refractivity contribution is 0.112. The van der Waals surface area contributed by atoms with Crippen molar-refractivity contribution in [3.05, 3.63) is 125 Å². The summed E-state index contributed by atoms with van der Waals surface area (Å²) in [5, 5.41) is 7.29. The van der Waals surface area contributed by atoms with Gasteiger partial charge in [-0.3, -0.25) is 9.89 Å². The van der Waals surface area contributed by atoms with E-state index >= 15 is 0 Å². The van der Waals surface area contributed by atoms with Gasteiger partial charge in [-0.1, -0.05) is 91.0 Å². The van der Waals surface area contributed by atoms with Gasteiger partial charge in [-0.25, -0.2) is 0 Å². The van der Waals surface area contributed by atoms with Gasteiger partial charge >= 0.3 is 0 Å². The number of hydrogen-bond acceptors (Lipinski definition) is 2. The zero-order valence-corrected chi connectivity index (χ0v) is 14.2. The first-order chi connectivity index (χ1) is 12.9. The number of aromatic nitrogens is 2. The quantitative estimate of drug-likeness (QED) is 0.427. The van der Waals surface area contributed by atoms with Crippen molar-refractivity contribution in [2.45, 2.75) is 5.41 Å². The van der Waals surface area contributed by atoms with Gasteiger partial charge < -0.3 is 0 Å². The first-order valence-electron chi connectivity index (χ1n) is 8.53. The fraction of sp³-hybridized carbons (Fsp3) is 0.0435. The Bertz CT molecular complexity index is 895. The summed E-state index contributed by atoms with van der Waals surface area (Å²) in [6.45, 7) is 0. The summed E-state index contributed by atoms with van der Waals surface area (Å²) >= 11 is 0. The highest BCUT2D eigenvalue weighted by atomic mass is 16.1. The predicted molar refractivity (Wildman–Crippen MR) is 102 cm³/mol. The maximum absolute atomic E-state index is 11.8. The van der Waals surface area contributed by atoms with E-state index in [0.29, 0.717) is 5.56 Å². The van der Waals surface area contributed by atoms with E-state index in [1.165, 1.54) is 0 Å². The number of hydrogen-bond donors (Lipinski definition) is 1. The Balaban J connectivity index is 2.16. The molecular weight excluding hydrogens is 320 g/mol. The third kappa shape index (κ3) is 2.45. The van der Waals surface area contributed by atoms with Crippen LogP contribution >= 0.6 is 0 Å². The smallest absolute Gasteiger partial charge is 0.153 e. The Morgan fingerprint density at radius 2 is 1.12 bits per heavy atom. The van der Waals surface area contributed by atoms with Crippen molar-refractivity contribution in [2.75, 3.05) is 0 Å². The maximum atomic E-state index is 11.8. The number of carbonyl (C=O) groups is 1. The van der Waals surface area contributed by atoms with E-state index in [2.05, 4.69) is 46.6 Å². The highest BCUT2D eigenvalue weighted by Gasteiger charge is 2.41. The molecule has 0 spiro atoms. The lowest BCUT2D eigenvalue weighted by atomic mass is 9.66. The van der Waals surface area contributed by atoms with Crippen molar-refractivity contribution in [3.63, 3.8) is 0 Å². The van der Waals surface area contributed by atoms with Crippen LogP contribution in [0.4, 0.5) is 0 Å². The summed E-state index contributed by atoms with van der Waals surface area (Å²) in [5.41, 5.74) is 3.90. The summed E-state index contributed by atoms with van der Waals surface area (Å²) in [5.74, 6) is 0. The third-order valence-corrected chi connectivity index (χ3v) is 4.79. The Morgan fingerprint density at radius 3 is 1.50 bits per heavy atom. The Morgan fingerprint density at radius 1 is 0.692 bits per heavy atom. The molecule has 0 amide bonds. The van der Waals surface area contributed by atoms with Crippen LogP contribution in [0.25, 0.3) is 0 Å².